The Balaban J connectivity index is 1.07. The molecule has 0 aliphatic carbocycles. The maximum absolute atomic E-state index is 14.2. The highest BCUT2D eigenvalue weighted by Gasteiger charge is 2.63. The number of rotatable bonds is 12. The van der Waals surface area contributed by atoms with Crippen LogP contribution in [0.1, 0.15) is 83.3 Å². The lowest BCUT2D eigenvalue weighted by molar-refractivity contribution is -0.371. The molecule has 5 aliphatic heterocycles. The van der Waals surface area contributed by atoms with Crippen LogP contribution in [0.3, 0.4) is 0 Å². The van der Waals surface area contributed by atoms with Crippen LogP contribution in [0.2, 0.25) is 25.2 Å². The predicted molar refractivity (Wildman–Crippen MR) is 215 cm³/mol. The number of carbonyl (C=O) groups excluding carboxylic acids is 1. The average molecular weight is 826 g/mol. The van der Waals surface area contributed by atoms with Gasteiger partial charge in [-0.3, -0.25) is 4.79 Å². The van der Waals surface area contributed by atoms with Gasteiger partial charge in [0.15, 0.2) is 5.78 Å². The van der Waals surface area contributed by atoms with Crippen LogP contribution < -0.4 is 0 Å². The second-order valence-corrected chi connectivity index (χ2v) is 24.7. The highest BCUT2D eigenvalue weighted by Crippen LogP contribution is 2.53. The van der Waals surface area contributed by atoms with Gasteiger partial charge in [0.2, 0.25) is 0 Å². The van der Waals surface area contributed by atoms with Crippen LogP contribution in [0, 0.1) is 0 Å². The Kier molecular flexibility index (Phi) is 12.2. The van der Waals surface area contributed by atoms with E-state index in [9.17, 15) is 4.79 Å². The van der Waals surface area contributed by atoms with E-state index in [1.807, 2.05) is 31.2 Å². The van der Waals surface area contributed by atoms with Crippen LogP contribution >= 0.6 is 15.9 Å². The van der Waals surface area contributed by atoms with Crippen molar-refractivity contribution in [1.29, 1.82) is 0 Å². The van der Waals surface area contributed by atoms with Gasteiger partial charge in [-0.2, -0.15) is 0 Å². The lowest BCUT2D eigenvalue weighted by atomic mass is 9.72. The summed E-state index contributed by atoms with van der Waals surface area (Å²) < 4.78 is 48.7. The standard InChI is InChI=1S/C44H61BrO8Si/c1-29(45)25-43(3)41(46)37(54(5,6)7)23-34-35(52-43)22-33-36(50-34)26-42(2)38(51-33)24-40-44(4,53-42)39(48-28-31-17-12-9-13-18-31)21-32(49-40)19-14-20-47-27-30-15-10-8-11-16-30/h8-13,15-18,32-40H,1,14,19-28H2,2-7H3/t32-,33+,34+,35-,36-,37?,38-,39-,40+,42+,43+,44-/m0/s1. The maximum atomic E-state index is 14.2. The van der Waals surface area contributed by atoms with Gasteiger partial charge in [0, 0.05) is 44.3 Å². The zero-order valence-electron chi connectivity index (χ0n) is 33.1. The number of benzene rings is 2. The first-order valence-corrected chi connectivity index (χ1v) is 24.5. The minimum absolute atomic E-state index is 0.0188. The molecule has 5 heterocycles. The topological polar surface area (TPSA) is 81.7 Å². The summed E-state index contributed by atoms with van der Waals surface area (Å²) in [6.07, 6.45) is 4.41. The van der Waals surface area contributed by atoms with Gasteiger partial charge >= 0.3 is 0 Å². The molecule has 0 saturated carbocycles. The number of ketones is 1. The highest BCUT2D eigenvalue weighted by atomic mass is 79.9. The van der Waals surface area contributed by atoms with Gasteiger partial charge in [-0.25, -0.2) is 0 Å². The number of fused-ring (bicyclic) bond motifs is 4. The van der Waals surface area contributed by atoms with Gasteiger partial charge in [-0.05, 0) is 55.6 Å². The fourth-order valence-electron chi connectivity index (χ4n) is 9.81. The summed E-state index contributed by atoms with van der Waals surface area (Å²) in [6, 6.07) is 20.7. The van der Waals surface area contributed by atoms with Gasteiger partial charge in [0.1, 0.15) is 11.2 Å². The Bertz CT molecular complexity index is 1600. The molecule has 1 unspecified atom stereocenters. The van der Waals surface area contributed by atoms with Crippen molar-refractivity contribution >= 4 is 29.8 Å². The van der Waals surface area contributed by atoms with Crippen molar-refractivity contribution in [1.82, 2.24) is 0 Å². The van der Waals surface area contributed by atoms with Gasteiger partial charge in [-0.1, -0.05) is 103 Å². The third-order valence-corrected chi connectivity index (χ3v) is 15.6. The second kappa shape index (κ2) is 16.3. The summed E-state index contributed by atoms with van der Waals surface area (Å²) >= 11 is 3.54. The van der Waals surface area contributed by atoms with Crippen molar-refractivity contribution in [2.45, 2.75) is 176 Å². The van der Waals surface area contributed by atoms with Crippen molar-refractivity contribution in [3.8, 4) is 0 Å². The van der Waals surface area contributed by atoms with E-state index >= 15 is 0 Å². The Morgan fingerprint density at radius 2 is 1.50 bits per heavy atom. The zero-order chi connectivity index (χ0) is 38.3. The molecule has 5 saturated heterocycles. The van der Waals surface area contributed by atoms with Gasteiger partial charge in [0.25, 0.3) is 0 Å². The van der Waals surface area contributed by atoms with Gasteiger partial charge in [-0.15, -0.1) is 0 Å². The van der Waals surface area contributed by atoms with Crippen molar-refractivity contribution in [2.75, 3.05) is 6.61 Å². The summed E-state index contributed by atoms with van der Waals surface area (Å²) in [6.45, 7) is 19.0. The van der Waals surface area contributed by atoms with Crippen LogP contribution in [0.4, 0.5) is 0 Å². The van der Waals surface area contributed by atoms with Crippen molar-refractivity contribution in [2.24, 2.45) is 0 Å². The zero-order valence-corrected chi connectivity index (χ0v) is 35.7. The number of carbonyl (C=O) groups is 1. The number of hydrogen-bond donors (Lipinski definition) is 0. The Labute approximate surface area is 332 Å². The first-order valence-electron chi connectivity index (χ1n) is 20.1. The normalized spacial score (nSPS) is 39.4. The SMILES string of the molecule is C=C(Br)C[C@@]1(C)O[C@H]2C[C@H]3O[C@H]4C[C@H]5O[C@@H](CCCOCc6ccccc6)C[C@H](OCc6ccccc6)[C@]5(C)O[C@]4(C)C[C@@H]3O[C@@H]2CC([Si](C)(C)C)C1=O. The van der Waals surface area contributed by atoms with E-state index in [1.165, 1.54) is 5.56 Å². The van der Waals surface area contributed by atoms with E-state index in [2.05, 4.69) is 92.4 Å². The lowest BCUT2D eigenvalue weighted by Crippen LogP contribution is -2.72. The molecule has 8 nitrogen and oxygen atoms in total. The second-order valence-electron chi connectivity index (χ2n) is 18.2. The molecule has 0 amide bonds. The molecule has 7 rings (SSSR count). The predicted octanol–water partition coefficient (Wildman–Crippen LogP) is 9.10. The number of Topliss-reactive ketones (excluding diaryl/α,β-unsaturated/α-hetero) is 1. The molecule has 0 bridgehead atoms. The molecule has 296 valence electrons. The first-order chi connectivity index (χ1) is 25.6. The van der Waals surface area contributed by atoms with Crippen LogP contribution in [-0.4, -0.2) is 86.1 Å². The summed E-state index contributed by atoms with van der Waals surface area (Å²) in [4.78, 5) is 14.2. The molecule has 0 radical (unpaired) electrons. The fourth-order valence-corrected chi connectivity index (χ4v) is 12.4. The van der Waals surface area contributed by atoms with Crippen LogP contribution in [-0.2, 0) is 51.2 Å². The average Bonchev–Trinajstić information content (AvgIpc) is 3.21. The van der Waals surface area contributed by atoms with E-state index in [1.54, 1.807) is 0 Å². The lowest BCUT2D eigenvalue weighted by Gasteiger charge is -2.61. The van der Waals surface area contributed by atoms with E-state index in [0.717, 1.165) is 29.3 Å². The van der Waals surface area contributed by atoms with E-state index in [-0.39, 0.29) is 60.2 Å². The van der Waals surface area contributed by atoms with Crippen LogP contribution in [0.5, 0.6) is 0 Å². The minimum atomic E-state index is -1.90. The van der Waals surface area contributed by atoms with Crippen LogP contribution in [0.25, 0.3) is 0 Å². The molecule has 5 aliphatic rings. The third kappa shape index (κ3) is 8.72. The Morgan fingerprint density at radius 1 is 0.833 bits per heavy atom. The number of hydrogen-bond acceptors (Lipinski definition) is 8. The quantitative estimate of drug-likeness (QED) is 0.155. The molecular weight excluding hydrogens is 764 g/mol. The molecule has 10 heteroatoms. The molecule has 5 fully saturated rings. The Morgan fingerprint density at radius 3 is 2.17 bits per heavy atom. The smallest absolute Gasteiger partial charge is 0.165 e. The molecule has 2 aromatic carbocycles. The molecule has 54 heavy (non-hydrogen) atoms. The number of ether oxygens (including phenoxy) is 7. The molecule has 12 atom stereocenters. The maximum Gasteiger partial charge on any atom is 0.165 e. The monoisotopic (exact) mass is 824 g/mol. The number of halogens is 1. The van der Waals surface area contributed by atoms with E-state index in [4.69, 9.17) is 33.2 Å². The molecular formula is C44H61BrO8Si. The van der Waals surface area contributed by atoms with Crippen molar-refractivity contribution < 1.29 is 38.0 Å². The molecule has 0 aromatic heterocycles. The molecule has 0 spiro atoms. The van der Waals surface area contributed by atoms with E-state index < -0.39 is 24.9 Å². The summed E-state index contributed by atoms with van der Waals surface area (Å²) in [5, 5.41) is 0. The van der Waals surface area contributed by atoms with Gasteiger partial charge in [0.05, 0.1) is 75.7 Å². The third-order valence-electron chi connectivity index (χ3n) is 12.8. The fraction of sp³-hybridized carbons (Fsp3) is 0.659. The Hall–Kier alpha value is -1.73. The minimum Gasteiger partial charge on any atom is -0.377 e. The molecule has 0 N–H and O–H groups in total. The van der Waals surface area contributed by atoms with Crippen molar-refractivity contribution in [3.63, 3.8) is 0 Å². The van der Waals surface area contributed by atoms with Crippen molar-refractivity contribution in [3.05, 3.63) is 82.9 Å². The molecule has 2 aromatic rings. The van der Waals surface area contributed by atoms with Crippen LogP contribution in [0.15, 0.2) is 71.7 Å². The summed E-state index contributed by atoms with van der Waals surface area (Å²) in [5.74, 6) is 0.182. The summed E-state index contributed by atoms with van der Waals surface area (Å²) in [7, 11) is -1.90. The highest BCUT2D eigenvalue weighted by molar-refractivity contribution is 9.11. The largest absolute Gasteiger partial charge is 0.377 e. The van der Waals surface area contributed by atoms with Gasteiger partial charge < -0.3 is 33.2 Å². The van der Waals surface area contributed by atoms with E-state index in [0.29, 0.717) is 51.9 Å². The first kappa shape index (κ1) is 40.5. The summed E-state index contributed by atoms with van der Waals surface area (Å²) in [5.41, 5.74) is 0.00425.